The topological polar surface area (TPSA) is 32.3 Å². The third kappa shape index (κ3) is 2.41. The van der Waals surface area contributed by atoms with E-state index in [2.05, 4.69) is 5.32 Å². The van der Waals surface area contributed by atoms with Crippen LogP contribution in [0.2, 0.25) is 0 Å². The molecule has 2 amide bonds. The van der Waals surface area contributed by atoms with Crippen molar-refractivity contribution < 1.29 is 4.79 Å². The second-order valence-corrected chi connectivity index (χ2v) is 2.79. The van der Waals surface area contributed by atoms with Gasteiger partial charge in [0, 0.05) is 19.6 Å². The first-order valence-electron chi connectivity index (χ1n) is 4.18. The average molecular weight is 155 g/mol. The highest BCUT2D eigenvalue weighted by Crippen LogP contribution is 2.08. The van der Waals surface area contributed by atoms with Gasteiger partial charge in [-0.2, -0.15) is 0 Å². The first-order valence-corrected chi connectivity index (χ1v) is 4.18. The molecule has 0 aromatic heterocycles. The van der Waals surface area contributed by atoms with Gasteiger partial charge in [0.25, 0.3) is 0 Å². The van der Waals surface area contributed by atoms with Crippen molar-refractivity contribution in [2.45, 2.75) is 26.2 Å². The maximum atomic E-state index is 11.2. The van der Waals surface area contributed by atoms with E-state index in [0.29, 0.717) is 0 Å². The Bertz CT molecular complexity index is 130. The fraction of sp³-hybridized carbons (Fsp3) is 0.750. The van der Waals surface area contributed by atoms with Crippen molar-refractivity contribution in [2.24, 2.45) is 0 Å². The third-order valence-corrected chi connectivity index (χ3v) is 1.91. The van der Waals surface area contributed by atoms with E-state index in [1.54, 1.807) is 6.54 Å². The number of urea groups is 1. The Balaban J connectivity index is 2.27. The highest BCUT2D eigenvalue weighted by molar-refractivity contribution is 5.74. The quantitative estimate of drug-likeness (QED) is 0.609. The van der Waals surface area contributed by atoms with Gasteiger partial charge in [-0.05, 0) is 26.2 Å². The maximum absolute atomic E-state index is 11.2. The lowest BCUT2D eigenvalue weighted by Gasteiger charge is -2.26. The molecule has 0 spiro atoms. The van der Waals surface area contributed by atoms with Crippen LogP contribution in [-0.4, -0.2) is 24.0 Å². The monoisotopic (exact) mass is 155 g/mol. The number of nitrogens with one attached hydrogen (secondary N) is 1. The van der Waals surface area contributed by atoms with Crippen molar-refractivity contribution in [3.8, 4) is 0 Å². The van der Waals surface area contributed by atoms with Crippen LogP contribution < -0.4 is 5.32 Å². The average Bonchev–Trinajstić information content (AvgIpc) is 2.07. The number of carbonyl (C=O) groups excluding carboxylic acids is 1. The molecule has 1 saturated heterocycles. The Morgan fingerprint density at radius 2 is 2.00 bits per heavy atom. The molecule has 0 aromatic rings. The van der Waals surface area contributed by atoms with Gasteiger partial charge in [-0.25, -0.2) is 4.79 Å². The van der Waals surface area contributed by atoms with E-state index in [1.807, 2.05) is 11.8 Å². The molecule has 0 bridgehead atoms. The first-order chi connectivity index (χ1) is 5.34. The number of amides is 2. The zero-order chi connectivity index (χ0) is 8.10. The third-order valence-electron chi connectivity index (χ3n) is 1.91. The summed E-state index contributed by atoms with van der Waals surface area (Å²) in [6.07, 6.45) is 3.56. The fourth-order valence-corrected chi connectivity index (χ4v) is 1.31. The smallest absolute Gasteiger partial charge is 0.317 e. The number of hydrogen-bond acceptors (Lipinski definition) is 1. The first kappa shape index (κ1) is 8.37. The predicted molar refractivity (Wildman–Crippen MR) is 43.9 cm³/mol. The summed E-state index contributed by atoms with van der Waals surface area (Å²) in [4.78, 5) is 13.0. The molecule has 1 aliphatic rings. The summed E-state index contributed by atoms with van der Waals surface area (Å²) in [5, 5.41) is 2.68. The van der Waals surface area contributed by atoms with E-state index in [-0.39, 0.29) is 6.03 Å². The second kappa shape index (κ2) is 4.21. The van der Waals surface area contributed by atoms with Crippen molar-refractivity contribution in [2.75, 3.05) is 13.1 Å². The molecule has 1 heterocycles. The summed E-state index contributed by atoms with van der Waals surface area (Å²) in [6, 6.07) is 0.0483. The minimum Gasteiger partial charge on any atom is -0.333 e. The number of rotatable bonds is 1. The molecule has 1 radical (unpaired) electrons. The van der Waals surface area contributed by atoms with Gasteiger partial charge in [0.05, 0.1) is 0 Å². The Kier molecular flexibility index (Phi) is 3.20. The molecule has 1 rings (SSSR count). The SMILES string of the molecule is C[CH]NC(=O)N1CCCCC1. The number of likely N-dealkylation sites (tertiary alicyclic amines) is 1. The molecule has 1 fully saturated rings. The van der Waals surface area contributed by atoms with Gasteiger partial charge in [-0.3, -0.25) is 0 Å². The fourth-order valence-electron chi connectivity index (χ4n) is 1.31. The van der Waals surface area contributed by atoms with Gasteiger partial charge in [-0.1, -0.05) is 0 Å². The van der Waals surface area contributed by atoms with Crippen LogP contribution in [-0.2, 0) is 0 Å². The second-order valence-electron chi connectivity index (χ2n) is 2.79. The number of carbonyl (C=O) groups is 1. The maximum Gasteiger partial charge on any atom is 0.317 e. The predicted octanol–water partition coefficient (Wildman–Crippen LogP) is 1.36. The summed E-state index contributed by atoms with van der Waals surface area (Å²) >= 11 is 0. The molecule has 63 valence electrons. The summed E-state index contributed by atoms with van der Waals surface area (Å²) in [5.74, 6) is 0. The molecular weight excluding hydrogens is 140 g/mol. The molecule has 0 aromatic carbocycles. The Morgan fingerprint density at radius 1 is 1.36 bits per heavy atom. The molecule has 3 heteroatoms. The van der Waals surface area contributed by atoms with Gasteiger partial charge in [0.2, 0.25) is 0 Å². The number of hydrogen-bond donors (Lipinski definition) is 1. The van der Waals surface area contributed by atoms with Gasteiger partial charge >= 0.3 is 6.03 Å². The van der Waals surface area contributed by atoms with Crippen LogP contribution in [0.1, 0.15) is 26.2 Å². The van der Waals surface area contributed by atoms with Crippen LogP contribution in [0.3, 0.4) is 0 Å². The van der Waals surface area contributed by atoms with Crippen molar-refractivity contribution in [3.63, 3.8) is 0 Å². The zero-order valence-electron chi connectivity index (χ0n) is 6.97. The summed E-state index contributed by atoms with van der Waals surface area (Å²) in [5.41, 5.74) is 0. The van der Waals surface area contributed by atoms with Crippen LogP contribution in [0.25, 0.3) is 0 Å². The van der Waals surface area contributed by atoms with Crippen LogP contribution in [0.5, 0.6) is 0 Å². The lowest BCUT2D eigenvalue weighted by atomic mass is 10.1. The molecule has 0 aliphatic carbocycles. The highest BCUT2D eigenvalue weighted by atomic mass is 16.2. The minimum absolute atomic E-state index is 0.0483. The van der Waals surface area contributed by atoms with E-state index in [1.165, 1.54) is 6.42 Å². The minimum atomic E-state index is 0.0483. The molecule has 1 aliphatic heterocycles. The lowest BCUT2D eigenvalue weighted by molar-refractivity contribution is 0.189. The van der Waals surface area contributed by atoms with E-state index < -0.39 is 0 Å². The Morgan fingerprint density at radius 3 is 2.55 bits per heavy atom. The van der Waals surface area contributed by atoms with Crippen molar-refractivity contribution >= 4 is 6.03 Å². The highest BCUT2D eigenvalue weighted by Gasteiger charge is 2.14. The number of nitrogens with zero attached hydrogens (tertiary/aromatic N) is 1. The van der Waals surface area contributed by atoms with Gasteiger partial charge in [-0.15, -0.1) is 0 Å². The lowest BCUT2D eigenvalue weighted by Crippen LogP contribution is -2.41. The van der Waals surface area contributed by atoms with E-state index in [4.69, 9.17) is 0 Å². The van der Waals surface area contributed by atoms with Crippen LogP contribution in [0.4, 0.5) is 4.79 Å². The Hall–Kier alpha value is -0.730. The van der Waals surface area contributed by atoms with E-state index >= 15 is 0 Å². The standard InChI is InChI=1S/C8H15N2O/c1-2-9-8(11)10-6-4-3-5-7-10/h2H,3-7H2,1H3,(H,9,11). The van der Waals surface area contributed by atoms with Crippen molar-refractivity contribution in [3.05, 3.63) is 6.54 Å². The normalized spacial score (nSPS) is 18.1. The molecule has 0 saturated carbocycles. The van der Waals surface area contributed by atoms with E-state index in [0.717, 1.165) is 25.9 Å². The summed E-state index contributed by atoms with van der Waals surface area (Å²) in [7, 11) is 0. The molecule has 0 unspecified atom stereocenters. The van der Waals surface area contributed by atoms with Crippen LogP contribution in [0, 0.1) is 6.54 Å². The van der Waals surface area contributed by atoms with Gasteiger partial charge < -0.3 is 10.2 Å². The largest absolute Gasteiger partial charge is 0.333 e. The van der Waals surface area contributed by atoms with Crippen LogP contribution in [0.15, 0.2) is 0 Å². The van der Waals surface area contributed by atoms with Gasteiger partial charge in [0.1, 0.15) is 0 Å². The van der Waals surface area contributed by atoms with Crippen molar-refractivity contribution in [1.82, 2.24) is 10.2 Å². The molecule has 0 atom stereocenters. The Labute approximate surface area is 67.8 Å². The van der Waals surface area contributed by atoms with Crippen molar-refractivity contribution in [1.29, 1.82) is 0 Å². The molecule has 11 heavy (non-hydrogen) atoms. The molecule has 3 nitrogen and oxygen atoms in total. The number of piperidine rings is 1. The molecule has 1 N–H and O–H groups in total. The van der Waals surface area contributed by atoms with Crippen LogP contribution >= 0.6 is 0 Å². The van der Waals surface area contributed by atoms with E-state index in [9.17, 15) is 4.79 Å². The molecular formula is C8H15N2O. The summed E-state index contributed by atoms with van der Waals surface area (Å²) in [6.45, 7) is 5.33. The summed E-state index contributed by atoms with van der Waals surface area (Å²) < 4.78 is 0. The van der Waals surface area contributed by atoms with Gasteiger partial charge in [0.15, 0.2) is 0 Å². The zero-order valence-corrected chi connectivity index (χ0v) is 6.97.